The fraction of sp³-hybridized carbons (Fsp3) is 0.638. The lowest BCUT2D eigenvalue weighted by atomic mass is 9.44. The van der Waals surface area contributed by atoms with Crippen LogP contribution in [0.3, 0.4) is 0 Å². The lowest BCUT2D eigenvalue weighted by Crippen LogP contribution is -2.82. The van der Waals surface area contributed by atoms with Gasteiger partial charge in [0.2, 0.25) is 5.91 Å². The van der Waals surface area contributed by atoms with Gasteiger partial charge in [-0.2, -0.15) is 0 Å². The number of aromatic nitrogens is 3. The minimum absolute atomic E-state index is 0.0175. The number of aryl methyl sites for hydroxylation is 1. The molecule has 2 aromatic rings. The van der Waals surface area contributed by atoms with Crippen LogP contribution < -0.4 is 10.6 Å². The normalized spacial score (nSPS) is 32.0. The van der Waals surface area contributed by atoms with Gasteiger partial charge in [-0.25, -0.2) is 19.1 Å². The Labute approximate surface area is 460 Å². The van der Waals surface area contributed by atoms with Gasteiger partial charge in [-0.3, -0.25) is 19.2 Å². The van der Waals surface area contributed by atoms with Crippen LogP contribution in [0.5, 0.6) is 0 Å². The summed E-state index contributed by atoms with van der Waals surface area (Å²) in [6.45, 7) is 16.2. The van der Waals surface area contributed by atoms with Gasteiger partial charge in [-0.1, -0.05) is 55.0 Å². The molecule has 430 valence electrons. The number of rotatable bonds is 17. The number of benzene rings is 1. The summed E-state index contributed by atoms with van der Waals surface area (Å²) in [5.41, 5.74) is -4.87. The van der Waals surface area contributed by atoms with Crippen molar-refractivity contribution in [2.45, 2.75) is 181 Å². The molecule has 14 atom stereocenters. The summed E-state index contributed by atoms with van der Waals surface area (Å²) in [4.78, 5) is 96.3. The van der Waals surface area contributed by atoms with E-state index in [4.69, 9.17) is 28.4 Å². The number of aliphatic hydroxyl groups excluding tert-OH is 2. The van der Waals surface area contributed by atoms with E-state index in [1.807, 2.05) is 4.68 Å². The van der Waals surface area contributed by atoms with E-state index in [0.717, 1.165) is 45.2 Å². The van der Waals surface area contributed by atoms with Crippen LogP contribution in [0.2, 0.25) is 0 Å². The highest BCUT2D eigenvalue weighted by molar-refractivity contribution is 5.96. The summed E-state index contributed by atoms with van der Waals surface area (Å²) in [5.74, 6) is -5.68. The number of amides is 2. The molecule has 4 fully saturated rings. The zero-order valence-corrected chi connectivity index (χ0v) is 46.8. The number of fused-ring (bicyclic) bond motifs is 7. The number of unbranched alkanes of at least 4 members (excludes halogenated alkanes) is 1. The fourth-order valence-electron chi connectivity index (χ4n) is 13.4. The van der Waals surface area contributed by atoms with Crippen molar-refractivity contribution < 1.29 is 77.3 Å². The smallest absolute Gasteiger partial charge is 0.407 e. The predicted molar refractivity (Wildman–Crippen MR) is 281 cm³/mol. The number of Topliss-reactive ketones (excluding diaryl/α,β-unsaturated/α-hetero) is 1. The Morgan fingerprint density at radius 2 is 1.66 bits per heavy atom. The van der Waals surface area contributed by atoms with Crippen LogP contribution in [0.1, 0.15) is 136 Å². The first-order chi connectivity index (χ1) is 37.3. The van der Waals surface area contributed by atoms with E-state index >= 15 is 4.79 Å². The van der Waals surface area contributed by atoms with Crippen LogP contribution in [-0.2, 0) is 65.2 Å². The highest BCUT2D eigenvalue weighted by atomic mass is 16.6. The topological polar surface area (TPSA) is 290 Å². The molecule has 2 heterocycles. The summed E-state index contributed by atoms with van der Waals surface area (Å²) in [6, 6.07) is 6.73. The lowest BCUT2D eigenvalue weighted by molar-refractivity contribution is -0.346. The number of ether oxygens (including phenoxy) is 6. The van der Waals surface area contributed by atoms with Gasteiger partial charge in [-0.05, 0) is 127 Å². The van der Waals surface area contributed by atoms with Crippen molar-refractivity contribution in [1.82, 2.24) is 25.6 Å². The summed E-state index contributed by atoms with van der Waals surface area (Å²) < 4.78 is 38.0. The van der Waals surface area contributed by atoms with Crippen LogP contribution in [0, 0.1) is 34.5 Å². The molecule has 4 unspecified atom stereocenters. The Hall–Kier alpha value is -6.29. The number of alkyl carbamates (subject to hydrolysis) is 1. The van der Waals surface area contributed by atoms with Gasteiger partial charge >= 0.3 is 30.0 Å². The number of nitrogens with zero attached hydrogens (tertiary/aromatic N) is 3. The first-order valence-corrected chi connectivity index (χ1v) is 27.5. The van der Waals surface area contributed by atoms with Gasteiger partial charge in [-0.15, -0.1) is 5.10 Å². The fourth-order valence-corrected chi connectivity index (χ4v) is 13.4. The van der Waals surface area contributed by atoms with Crippen LogP contribution in [0.15, 0.2) is 65.3 Å². The minimum atomic E-state index is -2.41. The van der Waals surface area contributed by atoms with Crippen molar-refractivity contribution in [2.75, 3.05) is 19.8 Å². The van der Waals surface area contributed by atoms with Crippen molar-refractivity contribution in [2.24, 2.45) is 34.5 Å². The average Bonchev–Trinajstić information content (AvgIpc) is 4.10. The molecule has 0 spiro atoms. The molecule has 6 aliphatic rings. The van der Waals surface area contributed by atoms with Crippen LogP contribution in [0.25, 0.3) is 0 Å². The molecule has 8 rings (SSSR count). The number of esters is 4. The third kappa shape index (κ3) is 11.3. The predicted octanol–water partition coefficient (Wildman–Crippen LogP) is 4.69. The van der Waals surface area contributed by atoms with E-state index in [2.05, 4.69) is 34.8 Å². The van der Waals surface area contributed by atoms with Gasteiger partial charge in [0.1, 0.15) is 23.9 Å². The number of hydrogen-bond donors (Lipinski definition) is 5. The maximum Gasteiger partial charge on any atom is 0.407 e. The highest BCUT2D eigenvalue weighted by Crippen LogP contribution is 2.64. The number of carbonyl (C=O) groups excluding carboxylic acids is 7. The number of ketones is 1. The highest BCUT2D eigenvalue weighted by Gasteiger charge is 2.78. The van der Waals surface area contributed by atoms with E-state index < -0.39 is 119 Å². The lowest BCUT2D eigenvalue weighted by Gasteiger charge is -2.67. The average molecular weight is 1100 g/mol. The second-order valence-electron chi connectivity index (χ2n) is 23.6. The Morgan fingerprint density at radius 1 is 0.962 bits per heavy atom. The third-order valence-electron chi connectivity index (χ3n) is 17.6. The maximum atomic E-state index is 15.6. The zero-order valence-electron chi connectivity index (χ0n) is 46.8. The van der Waals surface area contributed by atoms with Crippen LogP contribution >= 0.6 is 0 Å². The van der Waals surface area contributed by atoms with Gasteiger partial charge in [0, 0.05) is 44.7 Å². The number of hydrogen-bond acceptors (Lipinski definition) is 18. The van der Waals surface area contributed by atoms with Gasteiger partial charge in [0.25, 0.3) is 0 Å². The second kappa shape index (κ2) is 23.1. The summed E-state index contributed by atoms with van der Waals surface area (Å²) in [6.07, 6.45) is -2.23. The van der Waals surface area contributed by atoms with E-state index in [1.165, 1.54) is 43.8 Å². The molecule has 1 aromatic carbocycles. The third-order valence-corrected chi connectivity index (χ3v) is 17.6. The van der Waals surface area contributed by atoms with E-state index in [9.17, 15) is 44.1 Å². The standard InChI is InChI=1S/C58H77N5O16/c1-30(2)25-40(60-45(67)19-15-12-16-24-59-54(72)74-28-38-36-20-22-39-41(23-21-37(36)38)63(31(3)4)62-61-39)47(68)53(71)77-42-27-58(73)51(78-52(70)35-17-13-11-14-18-35)49-56(10,43(66)26-44-57(49,29-75-44)79-34(7)65)50(69)48(76-33(6)64)46(32(42)5)55(58,8)9/h11,13-15,17-19,25,31,36-38,40,42-44,47-49,51,66,68,73H,12,16,20-24,26-29H2,1-10H3,(H,59,72)(H,60,67)/b19-15+/t36?,37?,38?,40-,42-,43-,44?,47+,48+,49-,51-,56+,57-,58+/m0/s1. The Bertz CT molecular complexity index is 2780. The van der Waals surface area contributed by atoms with Crippen LogP contribution in [0.4, 0.5) is 4.79 Å². The molecular weight excluding hydrogens is 1020 g/mol. The zero-order chi connectivity index (χ0) is 57.5. The molecule has 21 heteroatoms. The minimum Gasteiger partial charge on any atom is -0.456 e. The first-order valence-electron chi connectivity index (χ1n) is 27.5. The molecule has 2 bridgehead atoms. The molecular formula is C58H77N5O16. The van der Waals surface area contributed by atoms with Crippen molar-refractivity contribution >= 4 is 41.7 Å². The molecule has 79 heavy (non-hydrogen) atoms. The molecule has 3 saturated carbocycles. The number of nitrogens with one attached hydrogen (secondary N) is 2. The molecule has 21 nitrogen and oxygen atoms in total. The van der Waals surface area contributed by atoms with Crippen molar-refractivity contribution in [3.63, 3.8) is 0 Å². The second-order valence-corrected chi connectivity index (χ2v) is 23.6. The van der Waals surface area contributed by atoms with E-state index in [-0.39, 0.29) is 35.8 Å². The molecule has 1 saturated heterocycles. The molecule has 0 radical (unpaired) electrons. The Kier molecular flexibility index (Phi) is 17.2. The molecule has 2 amide bonds. The monoisotopic (exact) mass is 1100 g/mol. The van der Waals surface area contributed by atoms with Gasteiger partial charge in [0.05, 0.1) is 53.6 Å². The number of carbonyl (C=O) groups is 7. The number of aliphatic hydroxyl groups is 3. The Morgan fingerprint density at radius 3 is 2.29 bits per heavy atom. The SMILES string of the molecule is CC(=O)O[C@H]1C(=O)[C@]2(C)[C@@H](O)CC3OC[C@@]3(OC(C)=O)[C@H]2[C@H](OC(=O)c2ccccc2)[C@]2(O)C[C@H](OC(=O)[C@H](O)[C@H](C=C(C)C)NC(=O)/C=C/CCCNC(=O)OCC3C4CCc5nnn(C(C)C)c5CCC43)C(C)=C1C2(C)C. The molecule has 1 aliphatic heterocycles. The summed E-state index contributed by atoms with van der Waals surface area (Å²) in [5, 5.41) is 51.8. The largest absolute Gasteiger partial charge is 0.456 e. The Balaban J connectivity index is 0.958. The van der Waals surface area contributed by atoms with E-state index in [1.54, 1.807) is 52.0 Å². The molecule has 1 aromatic heterocycles. The first kappa shape index (κ1) is 58.8. The summed E-state index contributed by atoms with van der Waals surface area (Å²) >= 11 is 0. The molecule has 5 N–H and O–H groups in total. The summed E-state index contributed by atoms with van der Waals surface area (Å²) in [7, 11) is 0. The van der Waals surface area contributed by atoms with Crippen molar-refractivity contribution in [3.05, 3.63) is 82.2 Å². The van der Waals surface area contributed by atoms with Gasteiger partial charge in [0.15, 0.2) is 23.6 Å². The van der Waals surface area contributed by atoms with Crippen molar-refractivity contribution in [1.29, 1.82) is 0 Å². The maximum absolute atomic E-state index is 15.6. The number of allylic oxidation sites excluding steroid dienone is 2. The van der Waals surface area contributed by atoms with Crippen LogP contribution in [-0.4, -0.2) is 146 Å². The molecule has 5 aliphatic carbocycles. The van der Waals surface area contributed by atoms with Crippen molar-refractivity contribution in [3.8, 4) is 0 Å². The van der Waals surface area contributed by atoms with Gasteiger partial charge < -0.3 is 54.4 Å². The van der Waals surface area contributed by atoms with E-state index in [0.29, 0.717) is 49.3 Å². The quantitative estimate of drug-likeness (QED) is 0.0472.